The minimum atomic E-state index is -0.516. The van der Waals surface area contributed by atoms with Gasteiger partial charge in [0.25, 0.3) is 0 Å². The molecule has 0 aliphatic rings. The summed E-state index contributed by atoms with van der Waals surface area (Å²) in [5.41, 5.74) is 0.665. The van der Waals surface area contributed by atoms with Crippen LogP contribution in [-0.4, -0.2) is 24.1 Å². The Morgan fingerprint density at radius 3 is 2.40 bits per heavy atom. The highest BCUT2D eigenvalue weighted by atomic mass is 16.5. The fourth-order valence-electron chi connectivity index (χ4n) is 1.53. The van der Waals surface area contributed by atoms with E-state index in [2.05, 4.69) is 10.6 Å². The predicted octanol–water partition coefficient (Wildman–Crippen LogP) is 2.22. The van der Waals surface area contributed by atoms with Crippen molar-refractivity contribution in [2.24, 2.45) is 0 Å². The van der Waals surface area contributed by atoms with Gasteiger partial charge in [0, 0.05) is 18.5 Å². The summed E-state index contributed by atoms with van der Waals surface area (Å²) in [5.74, 6) is -0.0964. The zero-order valence-corrected chi connectivity index (χ0v) is 12.2. The average molecular weight is 278 g/mol. The molecule has 0 heterocycles. The topological polar surface area (TPSA) is 67.4 Å². The Kier molecular flexibility index (Phi) is 6.03. The predicted molar refractivity (Wildman–Crippen MR) is 77.1 cm³/mol. The average Bonchev–Trinajstić information content (AvgIpc) is 2.35. The number of rotatable bonds is 5. The maximum atomic E-state index is 11.5. The molecule has 5 nitrogen and oxygen atoms in total. The lowest BCUT2D eigenvalue weighted by atomic mass is 10.1. The van der Waals surface area contributed by atoms with Gasteiger partial charge >= 0.3 is 6.09 Å². The van der Waals surface area contributed by atoms with Crippen LogP contribution in [0.4, 0.5) is 4.79 Å². The Hall–Kier alpha value is -2.04. The van der Waals surface area contributed by atoms with Crippen molar-refractivity contribution >= 4 is 12.0 Å². The van der Waals surface area contributed by atoms with Crippen molar-refractivity contribution in [3.63, 3.8) is 0 Å². The SMILES string of the molecule is CC(C)(C)NC(=O)CCNC(=O)OCc1ccccc1. The quantitative estimate of drug-likeness (QED) is 0.867. The number of alkyl carbamates (subject to hydrolysis) is 1. The molecule has 1 aromatic carbocycles. The first-order valence-corrected chi connectivity index (χ1v) is 6.62. The summed E-state index contributed by atoms with van der Waals surface area (Å²) in [5, 5.41) is 5.37. The van der Waals surface area contributed by atoms with Crippen LogP contribution in [-0.2, 0) is 16.1 Å². The summed E-state index contributed by atoms with van der Waals surface area (Å²) in [4.78, 5) is 22.9. The highest BCUT2D eigenvalue weighted by molar-refractivity contribution is 5.77. The summed E-state index contributed by atoms with van der Waals surface area (Å²) in [7, 11) is 0. The van der Waals surface area contributed by atoms with Crippen LogP contribution in [0.15, 0.2) is 30.3 Å². The van der Waals surface area contributed by atoms with Crippen LogP contribution in [0.2, 0.25) is 0 Å². The number of carbonyl (C=O) groups excluding carboxylic acids is 2. The largest absolute Gasteiger partial charge is 0.445 e. The van der Waals surface area contributed by atoms with E-state index in [9.17, 15) is 9.59 Å². The zero-order valence-electron chi connectivity index (χ0n) is 12.2. The molecule has 0 saturated heterocycles. The summed E-state index contributed by atoms with van der Waals surface area (Å²) in [6.07, 6.45) is -0.282. The van der Waals surface area contributed by atoms with Crippen molar-refractivity contribution in [1.82, 2.24) is 10.6 Å². The first-order valence-electron chi connectivity index (χ1n) is 6.62. The number of hydrogen-bond acceptors (Lipinski definition) is 3. The minimum Gasteiger partial charge on any atom is -0.445 e. The van der Waals surface area contributed by atoms with Crippen LogP contribution in [0.1, 0.15) is 32.8 Å². The van der Waals surface area contributed by atoms with Crippen molar-refractivity contribution in [3.8, 4) is 0 Å². The first kappa shape index (κ1) is 16.0. The summed E-state index contributed by atoms with van der Waals surface area (Å²) in [6, 6.07) is 9.42. The summed E-state index contributed by atoms with van der Waals surface area (Å²) < 4.78 is 5.03. The Morgan fingerprint density at radius 1 is 1.15 bits per heavy atom. The normalized spacial score (nSPS) is 10.8. The number of amides is 2. The molecule has 2 amide bonds. The lowest BCUT2D eigenvalue weighted by Crippen LogP contribution is -2.42. The van der Waals surface area contributed by atoms with Gasteiger partial charge in [-0.1, -0.05) is 30.3 Å². The number of carbonyl (C=O) groups is 2. The van der Waals surface area contributed by atoms with Crippen LogP contribution < -0.4 is 10.6 Å². The summed E-state index contributed by atoms with van der Waals surface area (Å²) in [6.45, 7) is 6.21. The second-order valence-corrected chi connectivity index (χ2v) is 5.54. The number of benzene rings is 1. The molecule has 1 rings (SSSR count). The molecule has 0 aromatic heterocycles. The van der Waals surface area contributed by atoms with E-state index in [1.54, 1.807) is 0 Å². The van der Waals surface area contributed by atoms with E-state index in [1.807, 2.05) is 51.1 Å². The van der Waals surface area contributed by atoms with Gasteiger partial charge in [0.15, 0.2) is 0 Å². The molecule has 0 spiro atoms. The van der Waals surface area contributed by atoms with Gasteiger partial charge in [-0.25, -0.2) is 4.79 Å². The van der Waals surface area contributed by atoms with Gasteiger partial charge in [0.1, 0.15) is 6.61 Å². The fourth-order valence-corrected chi connectivity index (χ4v) is 1.53. The van der Waals surface area contributed by atoms with Crippen LogP contribution in [0.5, 0.6) is 0 Å². The monoisotopic (exact) mass is 278 g/mol. The molecule has 0 bridgehead atoms. The Balaban J connectivity index is 2.16. The highest BCUT2D eigenvalue weighted by Crippen LogP contribution is 2.01. The molecule has 1 aromatic rings. The van der Waals surface area contributed by atoms with Gasteiger partial charge in [-0.2, -0.15) is 0 Å². The van der Waals surface area contributed by atoms with E-state index in [0.29, 0.717) is 0 Å². The van der Waals surface area contributed by atoms with E-state index in [0.717, 1.165) is 5.56 Å². The molecular formula is C15H22N2O3. The number of hydrogen-bond donors (Lipinski definition) is 2. The zero-order chi connectivity index (χ0) is 15.0. The van der Waals surface area contributed by atoms with E-state index < -0.39 is 6.09 Å². The van der Waals surface area contributed by atoms with Gasteiger partial charge in [0.2, 0.25) is 5.91 Å². The summed E-state index contributed by atoms with van der Waals surface area (Å²) >= 11 is 0. The molecule has 0 aliphatic carbocycles. The van der Waals surface area contributed by atoms with Crippen LogP contribution in [0, 0.1) is 0 Å². The van der Waals surface area contributed by atoms with E-state index >= 15 is 0 Å². The van der Waals surface area contributed by atoms with Crippen molar-refractivity contribution in [3.05, 3.63) is 35.9 Å². The van der Waals surface area contributed by atoms with Crippen LogP contribution >= 0.6 is 0 Å². The third kappa shape index (κ3) is 7.41. The van der Waals surface area contributed by atoms with Gasteiger partial charge in [0.05, 0.1) is 0 Å². The molecule has 20 heavy (non-hydrogen) atoms. The minimum absolute atomic E-state index is 0.0964. The Bertz CT molecular complexity index is 438. The molecule has 2 N–H and O–H groups in total. The molecule has 110 valence electrons. The van der Waals surface area contributed by atoms with Gasteiger partial charge in [-0.15, -0.1) is 0 Å². The highest BCUT2D eigenvalue weighted by Gasteiger charge is 2.13. The molecule has 0 atom stereocenters. The van der Waals surface area contributed by atoms with E-state index in [4.69, 9.17) is 4.74 Å². The smallest absolute Gasteiger partial charge is 0.407 e. The number of ether oxygens (including phenoxy) is 1. The van der Waals surface area contributed by atoms with E-state index in [-0.39, 0.29) is 31.0 Å². The molecule has 0 aliphatic heterocycles. The van der Waals surface area contributed by atoms with Gasteiger partial charge < -0.3 is 15.4 Å². The molecule has 0 fully saturated rings. The molecule has 5 heteroatoms. The van der Waals surface area contributed by atoms with Gasteiger partial charge in [-0.05, 0) is 26.3 Å². The lowest BCUT2D eigenvalue weighted by Gasteiger charge is -2.20. The molecular weight excluding hydrogens is 256 g/mol. The van der Waals surface area contributed by atoms with Crippen molar-refractivity contribution < 1.29 is 14.3 Å². The standard InChI is InChI=1S/C15H22N2O3/c1-15(2,3)17-13(18)9-10-16-14(19)20-11-12-7-5-4-6-8-12/h4-8H,9-11H2,1-3H3,(H,16,19)(H,17,18). The molecule has 0 unspecified atom stereocenters. The van der Waals surface area contributed by atoms with Gasteiger partial charge in [-0.3, -0.25) is 4.79 Å². The maximum Gasteiger partial charge on any atom is 0.407 e. The Labute approximate surface area is 119 Å². The third-order valence-electron chi connectivity index (χ3n) is 2.35. The van der Waals surface area contributed by atoms with Crippen molar-refractivity contribution in [2.45, 2.75) is 39.3 Å². The maximum absolute atomic E-state index is 11.5. The van der Waals surface area contributed by atoms with Crippen LogP contribution in [0.25, 0.3) is 0 Å². The first-order chi connectivity index (χ1) is 9.37. The number of nitrogens with one attached hydrogen (secondary N) is 2. The third-order valence-corrected chi connectivity index (χ3v) is 2.35. The second-order valence-electron chi connectivity index (χ2n) is 5.54. The van der Waals surface area contributed by atoms with Crippen LogP contribution in [0.3, 0.4) is 0 Å². The fraction of sp³-hybridized carbons (Fsp3) is 0.467. The molecule has 0 saturated carbocycles. The van der Waals surface area contributed by atoms with Crippen molar-refractivity contribution in [2.75, 3.05) is 6.54 Å². The Morgan fingerprint density at radius 2 is 1.80 bits per heavy atom. The molecule has 0 radical (unpaired) electrons. The van der Waals surface area contributed by atoms with E-state index in [1.165, 1.54) is 0 Å². The second kappa shape index (κ2) is 7.53. The lowest BCUT2D eigenvalue weighted by molar-refractivity contribution is -0.122. The van der Waals surface area contributed by atoms with Crippen molar-refractivity contribution in [1.29, 1.82) is 0 Å².